The Balaban J connectivity index is 1.86. The van der Waals surface area contributed by atoms with E-state index in [1.807, 2.05) is 0 Å². The molecule has 0 bridgehead atoms. The number of aliphatic hydroxyl groups excluding tert-OH is 1. The molecule has 24 heavy (non-hydrogen) atoms. The van der Waals surface area contributed by atoms with E-state index in [4.69, 9.17) is 15.2 Å². The molecule has 0 saturated heterocycles. The van der Waals surface area contributed by atoms with Gasteiger partial charge in [0.15, 0.2) is 17.9 Å². The van der Waals surface area contributed by atoms with Crippen LogP contribution in [0.25, 0.3) is 10.9 Å². The number of aliphatic hydroxyl groups is 3. The molecule has 1 saturated carbocycles. The summed E-state index contributed by atoms with van der Waals surface area (Å²) in [6, 6.07) is 6.17. The maximum absolute atomic E-state index is 13.4. The van der Waals surface area contributed by atoms with E-state index in [9.17, 15) is 19.7 Å². The fourth-order valence-corrected chi connectivity index (χ4v) is 3.13. The number of pyridine rings is 1. The van der Waals surface area contributed by atoms with Gasteiger partial charge in [-0.1, -0.05) is 0 Å². The molecule has 0 unspecified atom stereocenters. The molecule has 5 N–H and O–H groups in total. The predicted octanol–water partition coefficient (Wildman–Crippen LogP) is 0.554. The lowest BCUT2D eigenvalue weighted by Gasteiger charge is -2.32. The summed E-state index contributed by atoms with van der Waals surface area (Å²) in [6.07, 6.45) is -2.91. The predicted molar refractivity (Wildman–Crippen MR) is 83.7 cm³/mol. The molecule has 7 nitrogen and oxygen atoms in total. The Hall–Kier alpha value is -2.00. The van der Waals surface area contributed by atoms with Crippen LogP contribution in [0.3, 0.4) is 0 Å². The van der Waals surface area contributed by atoms with Crippen LogP contribution in [0.1, 0.15) is 12.8 Å². The van der Waals surface area contributed by atoms with Crippen LogP contribution in [-0.2, 0) is 4.74 Å². The Morgan fingerprint density at radius 2 is 2.12 bits per heavy atom. The number of rotatable bonds is 4. The summed E-state index contributed by atoms with van der Waals surface area (Å²) in [4.78, 5) is 3.97. The van der Waals surface area contributed by atoms with Gasteiger partial charge in [0.25, 0.3) is 0 Å². The smallest absolute Gasteiger partial charge is 0.183 e. The third-order valence-corrected chi connectivity index (χ3v) is 4.42. The molecule has 130 valence electrons. The number of nitrogen functional groups attached to an aromatic ring is 1. The normalized spacial score (nSPS) is 27.1. The molecule has 0 radical (unpaired) electrons. The van der Waals surface area contributed by atoms with Crippen molar-refractivity contribution in [1.29, 1.82) is 0 Å². The fourth-order valence-electron chi connectivity index (χ4n) is 3.13. The molecular formula is C16H19FN2O5. The first-order chi connectivity index (χ1) is 11.3. The van der Waals surface area contributed by atoms with E-state index in [0.29, 0.717) is 23.1 Å². The number of halogens is 1. The molecule has 1 fully saturated rings. The lowest BCUT2D eigenvalue weighted by atomic mass is 9.99. The van der Waals surface area contributed by atoms with Crippen LogP contribution in [0.2, 0.25) is 0 Å². The Bertz CT molecular complexity index is 757. The molecule has 0 aliphatic heterocycles. The molecule has 3 atom stereocenters. The van der Waals surface area contributed by atoms with Gasteiger partial charge in [-0.25, -0.2) is 9.37 Å². The number of nitrogens with two attached hydrogens (primary N) is 1. The van der Waals surface area contributed by atoms with Crippen LogP contribution in [0.15, 0.2) is 24.3 Å². The molecule has 1 aromatic heterocycles. The zero-order valence-corrected chi connectivity index (χ0v) is 13.0. The lowest BCUT2D eigenvalue weighted by Crippen LogP contribution is -2.53. The summed E-state index contributed by atoms with van der Waals surface area (Å²) in [5, 5.41) is 29.7. The van der Waals surface area contributed by atoms with E-state index in [2.05, 4.69) is 4.98 Å². The van der Waals surface area contributed by atoms with Crippen LogP contribution >= 0.6 is 0 Å². The van der Waals surface area contributed by atoms with Gasteiger partial charge < -0.3 is 30.5 Å². The zero-order valence-electron chi connectivity index (χ0n) is 13.0. The number of ether oxygens (including phenoxy) is 2. The highest BCUT2D eigenvalue weighted by Crippen LogP contribution is 2.37. The zero-order chi connectivity index (χ0) is 17.5. The highest BCUT2D eigenvalue weighted by molar-refractivity contribution is 5.81. The monoisotopic (exact) mass is 338 g/mol. The molecule has 3 rings (SSSR count). The first kappa shape index (κ1) is 16.8. The first-order valence-electron chi connectivity index (χ1n) is 7.49. The van der Waals surface area contributed by atoms with Gasteiger partial charge in [-0.2, -0.15) is 0 Å². The van der Waals surface area contributed by atoms with Crippen molar-refractivity contribution in [3.63, 3.8) is 0 Å². The maximum atomic E-state index is 13.4. The SMILES string of the molecule is CO[C@@H]1[C@@H](Oc2ccc3cc(F)c(N)nc3c2)CC[C@]1(O)C(O)O. The summed E-state index contributed by atoms with van der Waals surface area (Å²) in [6.45, 7) is 0. The van der Waals surface area contributed by atoms with Crippen molar-refractivity contribution in [2.75, 3.05) is 12.8 Å². The van der Waals surface area contributed by atoms with Crippen molar-refractivity contribution >= 4 is 16.7 Å². The van der Waals surface area contributed by atoms with E-state index < -0.39 is 29.9 Å². The molecule has 1 aromatic carbocycles. The maximum Gasteiger partial charge on any atom is 0.183 e. The summed E-state index contributed by atoms with van der Waals surface area (Å²) in [5.74, 6) is -0.355. The summed E-state index contributed by atoms with van der Waals surface area (Å²) < 4.78 is 24.5. The van der Waals surface area contributed by atoms with Gasteiger partial charge in [0.1, 0.15) is 23.6 Å². The van der Waals surface area contributed by atoms with Gasteiger partial charge in [-0.15, -0.1) is 0 Å². The minimum absolute atomic E-state index is 0.123. The summed E-state index contributed by atoms with van der Waals surface area (Å²) in [7, 11) is 1.37. The van der Waals surface area contributed by atoms with Crippen LogP contribution < -0.4 is 10.5 Å². The van der Waals surface area contributed by atoms with Crippen molar-refractivity contribution in [1.82, 2.24) is 4.98 Å². The summed E-state index contributed by atoms with van der Waals surface area (Å²) in [5.41, 5.74) is 4.16. The average molecular weight is 338 g/mol. The van der Waals surface area contributed by atoms with Gasteiger partial charge in [-0.3, -0.25) is 0 Å². The molecule has 0 amide bonds. The first-order valence-corrected chi connectivity index (χ1v) is 7.49. The summed E-state index contributed by atoms with van der Waals surface area (Å²) >= 11 is 0. The number of hydrogen-bond donors (Lipinski definition) is 4. The van der Waals surface area contributed by atoms with E-state index in [-0.39, 0.29) is 12.2 Å². The standard InChI is InChI=1S/C16H19FN2O5/c1-23-13-12(4-5-16(13,22)15(20)21)24-9-3-2-8-6-10(17)14(18)19-11(8)7-9/h2-3,6-7,12-13,15,20-22H,4-5H2,1H3,(H2,18,19)/t12-,13+,16+/m0/s1. The molecule has 8 heteroatoms. The van der Waals surface area contributed by atoms with Crippen molar-refractivity contribution in [3.8, 4) is 5.75 Å². The van der Waals surface area contributed by atoms with Crippen LogP contribution in [0.5, 0.6) is 5.75 Å². The lowest BCUT2D eigenvalue weighted by molar-refractivity contribution is -0.226. The minimum atomic E-state index is -1.93. The highest BCUT2D eigenvalue weighted by atomic mass is 19.1. The number of benzene rings is 1. The second-order valence-corrected chi connectivity index (χ2v) is 5.93. The highest BCUT2D eigenvalue weighted by Gasteiger charge is 2.53. The van der Waals surface area contributed by atoms with Gasteiger partial charge in [0, 0.05) is 18.6 Å². The van der Waals surface area contributed by atoms with Crippen LogP contribution in [0.4, 0.5) is 10.2 Å². The van der Waals surface area contributed by atoms with Crippen molar-refractivity contribution in [2.45, 2.75) is 36.9 Å². The van der Waals surface area contributed by atoms with Gasteiger partial charge in [-0.05, 0) is 31.0 Å². The van der Waals surface area contributed by atoms with Crippen molar-refractivity contribution in [2.24, 2.45) is 0 Å². The molecule has 1 aliphatic carbocycles. The van der Waals surface area contributed by atoms with E-state index in [1.54, 1.807) is 18.2 Å². The van der Waals surface area contributed by atoms with Crippen LogP contribution in [-0.4, -0.2) is 51.5 Å². The van der Waals surface area contributed by atoms with Crippen molar-refractivity contribution in [3.05, 3.63) is 30.1 Å². The number of anilines is 1. The molecular weight excluding hydrogens is 319 g/mol. The second-order valence-electron chi connectivity index (χ2n) is 5.93. The van der Waals surface area contributed by atoms with Gasteiger partial charge >= 0.3 is 0 Å². The number of methoxy groups -OCH3 is 1. The van der Waals surface area contributed by atoms with Crippen LogP contribution in [0, 0.1) is 5.82 Å². The van der Waals surface area contributed by atoms with E-state index >= 15 is 0 Å². The molecule has 0 spiro atoms. The fraction of sp³-hybridized carbons (Fsp3) is 0.438. The third kappa shape index (κ3) is 2.78. The number of hydrogen-bond acceptors (Lipinski definition) is 7. The van der Waals surface area contributed by atoms with E-state index in [1.165, 1.54) is 13.2 Å². The molecule has 1 heterocycles. The number of nitrogens with zero attached hydrogens (tertiary/aromatic N) is 1. The molecule has 2 aromatic rings. The Morgan fingerprint density at radius 3 is 2.79 bits per heavy atom. The Kier molecular flexibility index (Phi) is 4.31. The largest absolute Gasteiger partial charge is 0.488 e. The van der Waals surface area contributed by atoms with Gasteiger partial charge in [0.05, 0.1) is 5.52 Å². The van der Waals surface area contributed by atoms with Crippen molar-refractivity contribution < 1.29 is 29.2 Å². The number of fused-ring (bicyclic) bond motifs is 1. The molecule has 1 aliphatic rings. The van der Waals surface area contributed by atoms with E-state index in [0.717, 1.165) is 0 Å². The number of aromatic nitrogens is 1. The van der Waals surface area contributed by atoms with Gasteiger partial charge in [0.2, 0.25) is 0 Å². The second kappa shape index (κ2) is 6.14. The topological polar surface area (TPSA) is 118 Å². The minimum Gasteiger partial charge on any atom is -0.488 e. The Morgan fingerprint density at radius 1 is 1.38 bits per heavy atom. The third-order valence-electron chi connectivity index (χ3n) is 4.42. The quantitative estimate of drug-likeness (QED) is 0.601. The average Bonchev–Trinajstić information content (AvgIpc) is 2.86. The Labute approximate surface area is 137 Å².